The van der Waals surface area contributed by atoms with Crippen LogP contribution in [0.4, 0.5) is 0 Å². The summed E-state index contributed by atoms with van der Waals surface area (Å²) in [5.74, 6) is 1.81. The zero-order chi connectivity index (χ0) is 15.3. The molecule has 0 saturated heterocycles. The molecule has 22 heavy (non-hydrogen) atoms. The van der Waals surface area contributed by atoms with Gasteiger partial charge in [0.1, 0.15) is 0 Å². The summed E-state index contributed by atoms with van der Waals surface area (Å²) >= 11 is 0. The minimum absolute atomic E-state index is 0.193. The van der Waals surface area contributed by atoms with Gasteiger partial charge in [-0.1, -0.05) is 12.1 Å². The second-order valence-electron chi connectivity index (χ2n) is 7.90. The molecule has 116 valence electrons. The van der Waals surface area contributed by atoms with Gasteiger partial charge in [0.2, 0.25) is 0 Å². The normalized spacial score (nSPS) is 35.5. The van der Waals surface area contributed by atoms with Gasteiger partial charge >= 0.3 is 5.97 Å². The van der Waals surface area contributed by atoms with E-state index in [1.54, 1.807) is 12.1 Å². The predicted octanol–water partition coefficient (Wildman–Crippen LogP) is 4.17. The molecule has 1 N–H and O–H groups in total. The number of rotatable bonds is 4. The lowest BCUT2D eigenvalue weighted by Gasteiger charge is -2.56. The molecule has 1 aromatic carbocycles. The summed E-state index contributed by atoms with van der Waals surface area (Å²) in [4.78, 5) is 23.6. The number of ketones is 1. The number of aromatic carboxylic acids is 1. The van der Waals surface area contributed by atoms with Crippen LogP contribution >= 0.6 is 0 Å². The Morgan fingerprint density at radius 3 is 1.82 bits per heavy atom. The molecule has 3 nitrogen and oxygen atoms in total. The molecule has 0 amide bonds. The zero-order valence-corrected chi connectivity index (χ0v) is 12.8. The zero-order valence-electron chi connectivity index (χ0n) is 12.8. The molecule has 4 fully saturated rings. The Labute approximate surface area is 130 Å². The number of Topliss-reactive ketones (excluding diaryl/α,β-unsaturated/α-hetero) is 1. The van der Waals surface area contributed by atoms with Crippen molar-refractivity contribution in [3.63, 3.8) is 0 Å². The van der Waals surface area contributed by atoms with E-state index in [9.17, 15) is 9.59 Å². The molecule has 0 aliphatic heterocycles. The van der Waals surface area contributed by atoms with E-state index in [4.69, 9.17) is 5.11 Å². The number of benzene rings is 1. The van der Waals surface area contributed by atoms with E-state index < -0.39 is 5.97 Å². The molecule has 0 radical (unpaired) electrons. The molecular formula is C19H22O3. The highest BCUT2D eigenvalue weighted by Gasteiger charge is 2.51. The van der Waals surface area contributed by atoms with Crippen molar-refractivity contribution >= 4 is 11.8 Å². The van der Waals surface area contributed by atoms with Gasteiger partial charge in [0.05, 0.1) is 5.56 Å². The van der Waals surface area contributed by atoms with Crippen molar-refractivity contribution < 1.29 is 14.7 Å². The second-order valence-corrected chi connectivity index (χ2v) is 7.90. The molecule has 4 bridgehead atoms. The molecule has 1 aromatic rings. The van der Waals surface area contributed by atoms with Crippen molar-refractivity contribution in [3.8, 4) is 0 Å². The maximum atomic E-state index is 12.7. The van der Waals surface area contributed by atoms with Gasteiger partial charge in [-0.15, -0.1) is 0 Å². The average molecular weight is 298 g/mol. The molecule has 0 heterocycles. The van der Waals surface area contributed by atoms with Gasteiger partial charge in [0.15, 0.2) is 5.78 Å². The molecule has 4 saturated carbocycles. The van der Waals surface area contributed by atoms with Gasteiger partial charge in [-0.25, -0.2) is 4.79 Å². The molecule has 4 aliphatic rings. The van der Waals surface area contributed by atoms with Crippen molar-refractivity contribution in [2.45, 2.75) is 44.9 Å². The summed E-state index contributed by atoms with van der Waals surface area (Å²) in [6, 6.07) is 6.42. The van der Waals surface area contributed by atoms with E-state index in [0.717, 1.165) is 17.8 Å². The first-order valence-corrected chi connectivity index (χ1v) is 8.40. The van der Waals surface area contributed by atoms with Crippen LogP contribution in [-0.4, -0.2) is 16.9 Å². The maximum Gasteiger partial charge on any atom is 0.335 e. The molecule has 0 atom stereocenters. The third-order valence-electron chi connectivity index (χ3n) is 6.15. The minimum Gasteiger partial charge on any atom is -0.478 e. The first-order valence-electron chi connectivity index (χ1n) is 8.40. The standard InChI is InChI=1S/C19H22O3/c20-17(15-1-3-16(4-2-15)18(21)22)11-19-8-12-5-13(9-19)7-14(6-12)10-19/h1-4,12-14H,5-11H2,(H,21,22). The topological polar surface area (TPSA) is 54.4 Å². The van der Waals surface area contributed by atoms with Crippen molar-refractivity contribution in [2.24, 2.45) is 23.2 Å². The number of hydrogen-bond donors (Lipinski definition) is 1. The maximum absolute atomic E-state index is 12.7. The smallest absolute Gasteiger partial charge is 0.335 e. The summed E-state index contributed by atoms with van der Waals surface area (Å²) in [5, 5.41) is 8.94. The Hall–Kier alpha value is -1.64. The van der Waals surface area contributed by atoms with Gasteiger partial charge in [-0.3, -0.25) is 4.79 Å². The van der Waals surface area contributed by atoms with E-state index in [1.165, 1.54) is 50.7 Å². The Morgan fingerprint density at radius 2 is 1.36 bits per heavy atom. The summed E-state index contributed by atoms with van der Waals surface area (Å²) in [6.07, 6.45) is 8.53. The molecule has 4 aliphatic carbocycles. The van der Waals surface area contributed by atoms with Crippen molar-refractivity contribution in [1.82, 2.24) is 0 Å². The SMILES string of the molecule is O=C(O)c1ccc(C(=O)CC23CC4CC(CC(C4)C2)C3)cc1. The van der Waals surface area contributed by atoms with Crippen molar-refractivity contribution in [3.05, 3.63) is 35.4 Å². The van der Waals surface area contributed by atoms with E-state index in [1.807, 2.05) is 0 Å². The molecule has 0 spiro atoms. The van der Waals surface area contributed by atoms with Crippen LogP contribution in [0.5, 0.6) is 0 Å². The third kappa shape index (κ3) is 2.37. The van der Waals surface area contributed by atoms with Crippen LogP contribution in [0.3, 0.4) is 0 Å². The fraction of sp³-hybridized carbons (Fsp3) is 0.579. The highest BCUT2D eigenvalue weighted by molar-refractivity contribution is 5.97. The summed E-state index contributed by atoms with van der Waals surface area (Å²) in [5.41, 5.74) is 1.16. The monoisotopic (exact) mass is 298 g/mol. The van der Waals surface area contributed by atoms with Gasteiger partial charge in [-0.2, -0.15) is 0 Å². The van der Waals surface area contributed by atoms with E-state index in [2.05, 4.69) is 0 Å². The van der Waals surface area contributed by atoms with Gasteiger partial charge in [0.25, 0.3) is 0 Å². The minimum atomic E-state index is -0.944. The van der Waals surface area contributed by atoms with E-state index >= 15 is 0 Å². The highest BCUT2D eigenvalue weighted by Crippen LogP contribution is 2.61. The summed E-state index contributed by atoms with van der Waals surface area (Å²) in [6.45, 7) is 0. The fourth-order valence-electron chi connectivity index (χ4n) is 5.75. The first-order chi connectivity index (χ1) is 10.5. The largest absolute Gasteiger partial charge is 0.478 e. The lowest BCUT2D eigenvalue weighted by atomic mass is 9.48. The lowest BCUT2D eigenvalue weighted by molar-refractivity contribution is -0.0524. The average Bonchev–Trinajstić information content (AvgIpc) is 2.45. The van der Waals surface area contributed by atoms with Crippen LogP contribution in [0, 0.1) is 23.2 Å². The van der Waals surface area contributed by atoms with Crippen LogP contribution in [0.15, 0.2) is 24.3 Å². The van der Waals surface area contributed by atoms with Crippen molar-refractivity contribution in [2.75, 3.05) is 0 Å². The number of hydrogen-bond acceptors (Lipinski definition) is 2. The van der Waals surface area contributed by atoms with Crippen molar-refractivity contribution in [1.29, 1.82) is 0 Å². The predicted molar refractivity (Wildman–Crippen MR) is 83.0 cm³/mol. The first kappa shape index (κ1) is 14.0. The number of carboxylic acids is 1. The van der Waals surface area contributed by atoms with Crippen LogP contribution in [0.25, 0.3) is 0 Å². The van der Waals surface area contributed by atoms with Gasteiger partial charge < -0.3 is 5.11 Å². The van der Waals surface area contributed by atoms with E-state index in [0.29, 0.717) is 12.0 Å². The lowest BCUT2D eigenvalue weighted by Crippen LogP contribution is -2.46. The molecule has 0 unspecified atom stereocenters. The van der Waals surface area contributed by atoms with Crippen LogP contribution in [0.2, 0.25) is 0 Å². The molecule has 0 aromatic heterocycles. The number of carboxylic acid groups (broad SMARTS) is 1. The Balaban J connectivity index is 1.51. The highest BCUT2D eigenvalue weighted by atomic mass is 16.4. The van der Waals surface area contributed by atoms with Gasteiger partial charge in [0, 0.05) is 12.0 Å². The number of carbonyl (C=O) groups is 2. The summed E-state index contributed by atoms with van der Waals surface area (Å²) < 4.78 is 0. The Morgan fingerprint density at radius 1 is 0.909 bits per heavy atom. The number of carbonyl (C=O) groups excluding carboxylic acids is 1. The molecular weight excluding hydrogens is 276 g/mol. The molecule has 3 heteroatoms. The van der Waals surface area contributed by atoms with Crippen LogP contribution < -0.4 is 0 Å². The van der Waals surface area contributed by atoms with Crippen LogP contribution in [-0.2, 0) is 0 Å². The Kier molecular flexibility index (Phi) is 3.14. The Bertz CT molecular complexity index is 579. The quantitative estimate of drug-likeness (QED) is 0.849. The molecule has 5 rings (SSSR count). The fourth-order valence-corrected chi connectivity index (χ4v) is 5.75. The second kappa shape index (κ2) is 4.94. The summed E-state index contributed by atoms with van der Waals surface area (Å²) in [7, 11) is 0. The van der Waals surface area contributed by atoms with Gasteiger partial charge in [-0.05, 0) is 73.8 Å². The van der Waals surface area contributed by atoms with E-state index in [-0.39, 0.29) is 16.8 Å². The van der Waals surface area contributed by atoms with Crippen LogP contribution in [0.1, 0.15) is 65.7 Å². The third-order valence-corrected chi connectivity index (χ3v) is 6.15.